The van der Waals surface area contributed by atoms with E-state index in [2.05, 4.69) is 34.6 Å². The molecule has 0 radical (unpaired) electrons. The molecule has 0 rings (SSSR count). The van der Waals surface area contributed by atoms with Gasteiger partial charge in [0.25, 0.3) is 0 Å². The third-order valence-electron chi connectivity index (χ3n) is 9.72. The minimum atomic E-state index is -0.760. The first-order valence-electron chi connectivity index (χ1n) is 21.7. The van der Waals surface area contributed by atoms with Crippen LogP contribution in [-0.2, 0) is 28.6 Å². The third-order valence-corrected chi connectivity index (χ3v) is 9.72. The van der Waals surface area contributed by atoms with Crippen LogP contribution in [0.25, 0.3) is 0 Å². The van der Waals surface area contributed by atoms with Gasteiger partial charge in [0.05, 0.1) is 0 Å². The van der Waals surface area contributed by atoms with Crippen LogP contribution in [0, 0.1) is 11.8 Å². The molecular formula is C44H84O6. The van der Waals surface area contributed by atoms with Crippen molar-refractivity contribution in [2.75, 3.05) is 13.2 Å². The fourth-order valence-corrected chi connectivity index (χ4v) is 6.40. The maximum atomic E-state index is 12.7. The Morgan fingerprint density at radius 3 is 0.980 bits per heavy atom. The quantitative estimate of drug-likeness (QED) is 0.0361. The zero-order valence-corrected chi connectivity index (χ0v) is 34.0. The van der Waals surface area contributed by atoms with Gasteiger partial charge in [-0.15, -0.1) is 0 Å². The lowest BCUT2D eigenvalue weighted by atomic mass is 10.0. The Labute approximate surface area is 310 Å². The molecule has 6 heteroatoms. The molecule has 0 aliphatic rings. The van der Waals surface area contributed by atoms with E-state index in [0.29, 0.717) is 19.3 Å². The molecular weight excluding hydrogens is 624 g/mol. The number of carbonyl (C=O) groups is 3. The Balaban J connectivity index is 4.34. The molecule has 0 saturated heterocycles. The third kappa shape index (κ3) is 37.7. The fraction of sp³-hybridized carbons (Fsp3) is 0.932. The molecule has 0 aromatic rings. The van der Waals surface area contributed by atoms with Crippen LogP contribution in [0.4, 0.5) is 0 Å². The fourth-order valence-electron chi connectivity index (χ4n) is 6.40. The molecule has 0 aliphatic heterocycles. The molecule has 1 atom stereocenters. The van der Waals surface area contributed by atoms with Gasteiger partial charge in [-0.25, -0.2) is 0 Å². The van der Waals surface area contributed by atoms with Gasteiger partial charge in [0.1, 0.15) is 13.2 Å². The minimum Gasteiger partial charge on any atom is -0.462 e. The molecule has 0 fully saturated rings. The van der Waals surface area contributed by atoms with E-state index in [1.54, 1.807) is 0 Å². The molecule has 0 saturated carbocycles. The summed E-state index contributed by atoms with van der Waals surface area (Å²) >= 11 is 0. The average molecular weight is 709 g/mol. The van der Waals surface area contributed by atoms with Crippen molar-refractivity contribution in [2.24, 2.45) is 11.8 Å². The summed E-state index contributed by atoms with van der Waals surface area (Å²) in [4.78, 5) is 37.6. The largest absolute Gasteiger partial charge is 0.462 e. The summed E-state index contributed by atoms with van der Waals surface area (Å²) < 4.78 is 16.7. The van der Waals surface area contributed by atoms with Crippen LogP contribution in [0.1, 0.15) is 234 Å². The maximum absolute atomic E-state index is 12.7. The molecule has 0 aromatic heterocycles. The van der Waals surface area contributed by atoms with Crippen molar-refractivity contribution in [3.63, 3.8) is 0 Å². The van der Waals surface area contributed by atoms with Crippen molar-refractivity contribution in [1.29, 1.82) is 0 Å². The zero-order valence-electron chi connectivity index (χ0n) is 34.0. The highest BCUT2D eigenvalue weighted by molar-refractivity contribution is 5.71. The Morgan fingerprint density at radius 2 is 0.660 bits per heavy atom. The van der Waals surface area contributed by atoms with Crippen molar-refractivity contribution in [2.45, 2.75) is 240 Å². The lowest BCUT2D eigenvalue weighted by Gasteiger charge is -2.18. The van der Waals surface area contributed by atoms with E-state index in [9.17, 15) is 14.4 Å². The van der Waals surface area contributed by atoms with E-state index in [0.717, 1.165) is 69.6 Å². The first-order valence-corrected chi connectivity index (χ1v) is 21.7. The minimum absolute atomic E-state index is 0.0664. The number of esters is 3. The Morgan fingerprint density at radius 1 is 0.380 bits per heavy atom. The van der Waals surface area contributed by atoms with Crippen molar-refractivity contribution in [3.05, 3.63) is 0 Å². The summed E-state index contributed by atoms with van der Waals surface area (Å²) in [6.45, 7) is 11.2. The highest BCUT2D eigenvalue weighted by Gasteiger charge is 2.19. The van der Waals surface area contributed by atoms with E-state index in [-0.39, 0.29) is 31.1 Å². The Bertz CT molecular complexity index is 764. The molecule has 0 heterocycles. The van der Waals surface area contributed by atoms with Crippen LogP contribution < -0.4 is 0 Å². The smallest absolute Gasteiger partial charge is 0.306 e. The van der Waals surface area contributed by atoms with Gasteiger partial charge in [0, 0.05) is 19.3 Å². The van der Waals surface area contributed by atoms with Gasteiger partial charge >= 0.3 is 17.9 Å². The number of carbonyl (C=O) groups excluding carboxylic acids is 3. The average Bonchev–Trinajstić information content (AvgIpc) is 3.08. The van der Waals surface area contributed by atoms with E-state index in [4.69, 9.17) is 14.2 Å². The lowest BCUT2D eigenvalue weighted by Crippen LogP contribution is -2.30. The van der Waals surface area contributed by atoms with Gasteiger partial charge in [0.2, 0.25) is 0 Å². The second-order valence-corrected chi connectivity index (χ2v) is 15.9. The topological polar surface area (TPSA) is 78.9 Å². The Hall–Kier alpha value is -1.59. The van der Waals surface area contributed by atoms with E-state index in [1.165, 1.54) is 122 Å². The molecule has 0 aliphatic carbocycles. The SMILES string of the molecule is CCCCCCCCCCCCCCC(=O)O[C@@H](COC(=O)CCCCCCCCCCC(C)C)COC(=O)CCCCCCCCC(C)C. The standard InChI is InChI=1S/C44H84O6/c1-6-7-8-9-10-11-12-13-14-19-26-31-36-44(47)50-41(38-49-43(46)35-30-25-21-20-23-28-33-40(4)5)37-48-42(45)34-29-24-18-16-15-17-22-27-32-39(2)3/h39-41H,6-38H2,1-5H3/t41-/m0/s1. The molecule has 0 amide bonds. The molecule has 0 spiro atoms. The summed E-state index contributed by atoms with van der Waals surface area (Å²) in [5.74, 6) is 0.694. The number of ether oxygens (including phenoxy) is 3. The van der Waals surface area contributed by atoms with Crippen LogP contribution in [-0.4, -0.2) is 37.2 Å². The van der Waals surface area contributed by atoms with Gasteiger partial charge in [-0.05, 0) is 31.1 Å². The summed E-state index contributed by atoms with van der Waals surface area (Å²) in [6.07, 6.45) is 33.9. The molecule has 0 N–H and O–H groups in total. The number of hydrogen-bond donors (Lipinski definition) is 0. The van der Waals surface area contributed by atoms with Crippen LogP contribution in [0.15, 0.2) is 0 Å². The van der Waals surface area contributed by atoms with Crippen LogP contribution >= 0.6 is 0 Å². The predicted octanol–water partition coefficient (Wildman–Crippen LogP) is 13.4. The normalized spacial score (nSPS) is 12.1. The van der Waals surface area contributed by atoms with E-state index < -0.39 is 6.10 Å². The van der Waals surface area contributed by atoms with Crippen molar-refractivity contribution < 1.29 is 28.6 Å². The number of rotatable bonds is 38. The first-order chi connectivity index (χ1) is 24.2. The van der Waals surface area contributed by atoms with Crippen LogP contribution in [0.2, 0.25) is 0 Å². The summed E-state index contributed by atoms with van der Waals surface area (Å²) in [5.41, 5.74) is 0. The van der Waals surface area contributed by atoms with Gasteiger partial charge in [0.15, 0.2) is 6.10 Å². The molecule has 50 heavy (non-hydrogen) atoms. The molecule has 0 bridgehead atoms. The van der Waals surface area contributed by atoms with E-state index in [1.807, 2.05) is 0 Å². The highest BCUT2D eigenvalue weighted by Crippen LogP contribution is 2.16. The zero-order chi connectivity index (χ0) is 36.9. The van der Waals surface area contributed by atoms with Gasteiger partial charge in [-0.1, -0.05) is 195 Å². The highest BCUT2D eigenvalue weighted by atomic mass is 16.6. The van der Waals surface area contributed by atoms with Crippen molar-refractivity contribution in [3.8, 4) is 0 Å². The van der Waals surface area contributed by atoms with Crippen LogP contribution in [0.3, 0.4) is 0 Å². The molecule has 296 valence electrons. The van der Waals surface area contributed by atoms with Crippen LogP contribution in [0.5, 0.6) is 0 Å². The van der Waals surface area contributed by atoms with Gasteiger partial charge in [-0.2, -0.15) is 0 Å². The second-order valence-electron chi connectivity index (χ2n) is 15.9. The van der Waals surface area contributed by atoms with Gasteiger partial charge in [-0.3, -0.25) is 14.4 Å². The summed E-state index contributed by atoms with van der Waals surface area (Å²) in [7, 11) is 0. The summed E-state index contributed by atoms with van der Waals surface area (Å²) in [5, 5.41) is 0. The van der Waals surface area contributed by atoms with E-state index >= 15 is 0 Å². The predicted molar refractivity (Wildman–Crippen MR) is 210 cm³/mol. The Kier molecular flexibility index (Phi) is 36.0. The molecule has 6 nitrogen and oxygen atoms in total. The van der Waals surface area contributed by atoms with Gasteiger partial charge < -0.3 is 14.2 Å². The van der Waals surface area contributed by atoms with Crippen molar-refractivity contribution in [1.82, 2.24) is 0 Å². The lowest BCUT2D eigenvalue weighted by molar-refractivity contribution is -0.167. The second kappa shape index (κ2) is 37.2. The molecule has 0 unspecified atom stereocenters. The number of hydrogen-bond acceptors (Lipinski definition) is 6. The number of unbranched alkanes of at least 4 members (excludes halogenated alkanes) is 23. The first kappa shape index (κ1) is 48.4. The molecule has 0 aromatic carbocycles. The maximum Gasteiger partial charge on any atom is 0.306 e. The summed E-state index contributed by atoms with van der Waals surface area (Å²) in [6, 6.07) is 0. The van der Waals surface area contributed by atoms with Crippen molar-refractivity contribution >= 4 is 17.9 Å². The monoisotopic (exact) mass is 709 g/mol.